The number of esters is 1. The number of rotatable bonds is 4. The topological polar surface area (TPSA) is 68.3 Å². The Hall–Kier alpha value is -3.21. The zero-order chi connectivity index (χ0) is 21.3. The van der Waals surface area contributed by atoms with Crippen LogP contribution in [0.5, 0.6) is 0 Å². The zero-order valence-electron chi connectivity index (χ0n) is 17.3. The molecule has 2 aromatic rings. The fraction of sp³-hybridized carbons (Fsp3) is 0.320. The van der Waals surface area contributed by atoms with Gasteiger partial charge in [-0.15, -0.1) is 0 Å². The third kappa shape index (κ3) is 3.80. The molecule has 5 heteroatoms. The molecule has 0 fully saturated rings. The molecular formula is C25H26N2O3. The highest BCUT2D eigenvalue weighted by Gasteiger charge is 2.45. The van der Waals surface area contributed by atoms with Gasteiger partial charge < -0.3 is 10.1 Å². The molecule has 2 heterocycles. The second-order valence-electron chi connectivity index (χ2n) is 8.21. The van der Waals surface area contributed by atoms with Crippen molar-refractivity contribution in [3.8, 4) is 0 Å². The van der Waals surface area contributed by atoms with Gasteiger partial charge in [0.1, 0.15) is 5.92 Å². The van der Waals surface area contributed by atoms with Crippen molar-refractivity contribution in [2.24, 2.45) is 5.92 Å². The van der Waals surface area contributed by atoms with Crippen molar-refractivity contribution in [2.75, 3.05) is 0 Å². The second-order valence-corrected chi connectivity index (χ2v) is 8.21. The molecular weight excluding hydrogens is 376 g/mol. The summed E-state index contributed by atoms with van der Waals surface area (Å²) in [7, 11) is 0. The summed E-state index contributed by atoms with van der Waals surface area (Å²) in [5.41, 5.74) is 4.05. The van der Waals surface area contributed by atoms with E-state index in [4.69, 9.17) is 4.74 Å². The summed E-state index contributed by atoms with van der Waals surface area (Å²) in [5, 5.41) is 3.30. The lowest BCUT2D eigenvalue weighted by atomic mass is 9.69. The molecule has 154 valence electrons. The first-order valence-electron chi connectivity index (χ1n) is 10.3. The molecule has 30 heavy (non-hydrogen) atoms. The molecule has 0 saturated carbocycles. The van der Waals surface area contributed by atoms with Gasteiger partial charge in [-0.25, -0.2) is 0 Å². The molecule has 4 rings (SSSR count). The van der Waals surface area contributed by atoms with Gasteiger partial charge >= 0.3 is 5.97 Å². The quantitative estimate of drug-likeness (QED) is 0.775. The van der Waals surface area contributed by atoms with Crippen LogP contribution in [0.2, 0.25) is 0 Å². The largest absolute Gasteiger partial charge is 0.462 e. The Morgan fingerprint density at radius 1 is 1.13 bits per heavy atom. The van der Waals surface area contributed by atoms with E-state index >= 15 is 0 Å². The molecule has 2 aliphatic rings. The Kier molecular flexibility index (Phi) is 5.53. The number of carbonyl (C=O) groups is 2. The van der Waals surface area contributed by atoms with Crippen LogP contribution in [0.25, 0.3) is 0 Å². The summed E-state index contributed by atoms with van der Waals surface area (Å²) in [4.78, 5) is 30.6. The Balaban J connectivity index is 1.78. The monoisotopic (exact) mass is 402 g/mol. The van der Waals surface area contributed by atoms with E-state index in [2.05, 4.69) is 29.0 Å². The first-order chi connectivity index (χ1) is 14.5. The van der Waals surface area contributed by atoms with E-state index in [9.17, 15) is 9.59 Å². The van der Waals surface area contributed by atoms with E-state index in [-0.39, 0.29) is 23.8 Å². The van der Waals surface area contributed by atoms with Gasteiger partial charge in [-0.3, -0.25) is 14.6 Å². The summed E-state index contributed by atoms with van der Waals surface area (Å²) < 4.78 is 5.52. The van der Waals surface area contributed by atoms with Crippen molar-refractivity contribution in [1.82, 2.24) is 10.3 Å². The van der Waals surface area contributed by atoms with Crippen LogP contribution in [0.3, 0.4) is 0 Å². The van der Waals surface area contributed by atoms with E-state index in [0.29, 0.717) is 24.1 Å². The number of carbonyl (C=O) groups excluding carboxylic acids is 2. The normalized spacial score (nSPS) is 23.8. The maximum absolute atomic E-state index is 13.4. The number of Topliss-reactive ketones (excluding diaryl/α,β-unsaturated/α-hetero) is 1. The van der Waals surface area contributed by atoms with Crippen LogP contribution in [0, 0.1) is 5.92 Å². The van der Waals surface area contributed by atoms with Gasteiger partial charge in [0.05, 0.1) is 6.10 Å². The van der Waals surface area contributed by atoms with Crippen LogP contribution in [-0.4, -0.2) is 22.8 Å². The number of hydrogen-bond donors (Lipinski definition) is 1. The Labute approximate surface area is 176 Å². The van der Waals surface area contributed by atoms with Crippen LogP contribution in [0.1, 0.15) is 49.7 Å². The number of allylic oxidation sites excluding steroid dienone is 2. The van der Waals surface area contributed by atoms with Crippen LogP contribution >= 0.6 is 0 Å². The number of aromatic nitrogens is 1. The van der Waals surface area contributed by atoms with Gasteiger partial charge in [-0.2, -0.15) is 0 Å². The Morgan fingerprint density at radius 3 is 2.53 bits per heavy atom. The Morgan fingerprint density at radius 2 is 1.87 bits per heavy atom. The number of hydrogen-bond acceptors (Lipinski definition) is 5. The lowest BCUT2D eigenvalue weighted by Crippen LogP contribution is -2.42. The molecule has 1 N–H and O–H groups in total. The van der Waals surface area contributed by atoms with Crippen LogP contribution < -0.4 is 5.32 Å². The van der Waals surface area contributed by atoms with Crippen molar-refractivity contribution >= 4 is 11.8 Å². The molecule has 0 spiro atoms. The molecule has 0 saturated heterocycles. The van der Waals surface area contributed by atoms with Gasteiger partial charge in [-0.1, -0.05) is 43.0 Å². The summed E-state index contributed by atoms with van der Waals surface area (Å²) in [6.45, 7) is 7.77. The molecule has 0 bridgehead atoms. The summed E-state index contributed by atoms with van der Waals surface area (Å²) >= 11 is 0. The standard InChI is InChI=1S/C25H26N2O3/c1-15(2)30-25(29)22-16(3)27-20-12-19(17-8-5-4-6-9-17)13-21(28)24(20)23(22)18-10-7-11-26-14-18/h4-11,14-15,19,22-23,27H,3,12-13H2,1-2H3. The van der Waals surface area contributed by atoms with Crippen molar-refractivity contribution in [3.63, 3.8) is 0 Å². The third-order valence-corrected chi connectivity index (χ3v) is 5.76. The van der Waals surface area contributed by atoms with E-state index in [1.807, 2.05) is 44.2 Å². The Bertz CT molecular complexity index is 996. The highest BCUT2D eigenvalue weighted by Crippen LogP contribution is 2.47. The number of ketones is 1. The van der Waals surface area contributed by atoms with Crippen LogP contribution in [0.4, 0.5) is 0 Å². The smallest absolute Gasteiger partial charge is 0.316 e. The maximum atomic E-state index is 13.4. The SMILES string of the molecule is C=C1NC2=C(C(=O)CC(c3ccccc3)C2)C(c2cccnc2)C1C(=O)OC(C)C. The van der Waals surface area contributed by atoms with Gasteiger partial charge in [0.15, 0.2) is 5.78 Å². The minimum absolute atomic E-state index is 0.0568. The summed E-state index contributed by atoms with van der Waals surface area (Å²) in [6, 6.07) is 13.8. The number of pyridine rings is 1. The van der Waals surface area contributed by atoms with Gasteiger partial charge in [0.25, 0.3) is 0 Å². The molecule has 1 aliphatic heterocycles. The van der Waals surface area contributed by atoms with E-state index < -0.39 is 11.8 Å². The lowest BCUT2D eigenvalue weighted by molar-refractivity contribution is -0.151. The predicted molar refractivity (Wildman–Crippen MR) is 114 cm³/mol. The summed E-state index contributed by atoms with van der Waals surface area (Å²) in [5.74, 6) is -1.33. The fourth-order valence-electron chi connectivity index (χ4n) is 4.51. The molecule has 1 aliphatic carbocycles. The molecule has 3 atom stereocenters. The molecule has 0 radical (unpaired) electrons. The predicted octanol–water partition coefficient (Wildman–Crippen LogP) is 4.25. The van der Waals surface area contributed by atoms with Crippen molar-refractivity contribution in [1.29, 1.82) is 0 Å². The van der Waals surface area contributed by atoms with Crippen molar-refractivity contribution in [3.05, 3.63) is 89.5 Å². The van der Waals surface area contributed by atoms with E-state index in [1.165, 1.54) is 0 Å². The molecule has 3 unspecified atom stereocenters. The number of nitrogens with zero attached hydrogens (tertiary/aromatic N) is 1. The van der Waals surface area contributed by atoms with Crippen molar-refractivity contribution < 1.29 is 14.3 Å². The fourth-order valence-corrected chi connectivity index (χ4v) is 4.51. The third-order valence-electron chi connectivity index (χ3n) is 5.76. The summed E-state index contributed by atoms with van der Waals surface area (Å²) in [6.07, 6.45) is 4.27. The highest BCUT2D eigenvalue weighted by molar-refractivity contribution is 6.01. The van der Waals surface area contributed by atoms with E-state index in [0.717, 1.165) is 16.8 Å². The minimum Gasteiger partial charge on any atom is -0.462 e. The van der Waals surface area contributed by atoms with Gasteiger partial charge in [0, 0.05) is 41.7 Å². The average Bonchev–Trinajstić information content (AvgIpc) is 2.73. The highest BCUT2D eigenvalue weighted by atomic mass is 16.5. The number of nitrogens with one attached hydrogen (secondary N) is 1. The zero-order valence-corrected chi connectivity index (χ0v) is 17.3. The lowest BCUT2D eigenvalue weighted by Gasteiger charge is -2.40. The molecule has 1 aromatic carbocycles. The molecule has 1 aromatic heterocycles. The van der Waals surface area contributed by atoms with Crippen molar-refractivity contribution in [2.45, 2.75) is 44.6 Å². The van der Waals surface area contributed by atoms with Gasteiger partial charge in [0.2, 0.25) is 0 Å². The number of benzene rings is 1. The second kappa shape index (κ2) is 8.27. The van der Waals surface area contributed by atoms with E-state index in [1.54, 1.807) is 12.4 Å². The number of ether oxygens (including phenoxy) is 1. The van der Waals surface area contributed by atoms with Crippen LogP contribution in [-0.2, 0) is 14.3 Å². The average molecular weight is 402 g/mol. The maximum Gasteiger partial charge on any atom is 0.316 e. The molecule has 5 nitrogen and oxygen atoms in total. The first kappa shape index (κ1) is 20.1. The molecule has 0 amide bonds. The van der Waals surface area contributed by atoms with Gasteiger partial charge in [-0.05, 0) is 43.4 Å². The first-order valence-corrected chi connectivity index (χ1v) is 10.3. The van der Waals surface area contributed by atoms with Crippen LogP contribution in [0.15, 0.2) is 78.4 Å². The minimum atomic E-state index is -0.674.